The van der Waals surface area contributed by atoms with Crippen LogP contribution < -0.4 is 0 Å². The Hall–Kier alpha value is -0.200. The quantitative estimate of drug-likeness (QED) is 0.683. The van der Waals surface area contributed by atoms with E-state index < -0.39 is 0 Å². The van der Waals surface area contributed by atoms with Gasteiger partial charge in [-0.1, -0.05) is 42.6 Å². The fourth-order valence-electron chi connectivity index (χ4n) is 0.994. The Morgan fingerprint density at radius 1 is 1.25 bits per heavy atom. The van der Waals surface area contributed by atoms with Crippen LogP contribution in [0.2, 0.25) is 10.0 Å². The molecule has 1 aromatic rings. The summed E-state index contributed by atoms with van der Waals surface area (Å²) in [5.41, 5.74) is 0.961. The first-order valence-corrected chi connectivity index (χ1v) is 4.78. The standard InChI is InChI=1S/C10H11Cl2/c1-2-3-5-8-9(11)6-4-7-10(8)12/h4-7H,2-3H2,1H3. The van der Waals surface area contributed by atoms with Crippen LogP contribution in [0.15, 0.2) is 18.2 Å². The topological polar surface area (TPSA) is 0 Å². The highest BCUT2D eigenvalue weighted by Gasteiger charge is 2.03. The summed E-state index contributed by atoms with van der Waals surface area (Å²) < 4.78 is 0. The first kappa shape index (κ1) is 9.88. The Morgan fingerprint density at radius 2 is 1.83 bits per heavy atom. The van der Waals surface area contributed by atoms with Crippen molar-refractivity contribution in [3.63, 3.8) is 0 Å². The molecule has 1 aromatic carbocycles. The molecule has 12 heavy (non-hydrogen) atoms. The maximum atomic E-state index is 5.95. The Bertz CT molecular complexity index is 236. The van der Waals surface area contributed by atoms with Gasteiger partial charge >= 0.3 is 0 Å². The van der Waals surface area contributed by atoms with Crippen molar-refractivity contribution in [1.29, 1.82) is 0 Å². The SMILES string of the molecule is CCC[CH]c1c(Cl)cccc1Cl. The second-order valence-electron chi connectivity index (χ2n) is 2.63. The van der Waals surface area contributed by atoms with E-state index in [1.165, 1.54) is 0 Å². The Morgan fingerprint density at radius 3 is 2.33 bits per heavy atom. The molecular formula is C10H11Cl2. The molecule has 0 bridgehead atoms. The van der Waals surface area contributed by atoms with Gasteiger partial charge < -0.3 is 0 Å². The third kappa shape index (κ3) is 2.40. The molecule has 65 valence electrons. The van der Waals surface area contributed by atoms with Crippen LogP contribution in [0.5, 0.6) is 0 Å². The maximum absolute atomic E-state index is 5.95. The van der Waals surface area contributed by atoms with E-state index in [2.05, 4.69) is 13.3 Å². The van der Waals surface area contributed by atoms with Gasteiger partial charge in [-0.25, -0.2) is 0 Å². The monoisotopic (exact) mass is 201 g/mol. The van der Waals surface area contributed by atoms with Crippen molar-refractivity contribution < 1.29 is 0 Å². The van der Waals surface area contributed by atoms with Crippen molar-refractivity contribution in [2.24, 2.45) is 0 Å². The highest BCUT2D eigenvalue weighted by Crippen LogP contribution is 2.26. The first-order chi connectivity index (χ1) is 5.75. The molecule has 0 unspecified atom stereocenters. The molecular weight excluding hydrogens is 191 g/mol. The Labute approximate surface area is 83.5 Å². The molecule has 0 fully saturated rings. The zero-order chi connectivity index (χ0) is 8.97. The van der Waals surface area contributed by atoms with E-state index >= 15 is 0 Å². The van der Waals surface area contributed by atoms with Crippen molar-refractivity contribution >= 4 is 23.2 Å². The van der Waals surface area contributed by atoms with Crippen molar-refractivity contribution in [1.82, 2.24) is 0 Å². The summed E-state index contributed by atoms with van der Waals surface area (Å²) in [5.74, 6) is 0. The van der Waals surface area contributed by atoms with Crippen molar-refractivity contribution in [2.75, 3.05) is 0 Å². The minimum Gasteiger partial charge on any atom is -0.0840 e. The molecule has 0 aliphatic rings. The lowest BCUT2D eigenvalue weighted by Crippen LogP contribution is -1.84. The van der Waals surface area contributed by atoms with Gasteiger partial charge in [0.15, 0.2) is 0 Å². The fourth-order valence-corrected chi connectivity index (χ4v) is 1.55. The van der Waals surface area contributed by atoms with E-state index in [0.29, 0.717) is 0 Å². The van der Waals surface area contributed by atoms with Gasteiger partial charge in [-0.15, -0.1) is 0 Å². The van der Waals surface area contributed by atoms with Gasteiger partial charge in [0.25, 0.3) is 0 Å². The molecule has 0 saturated carbocycles. The maximum Gasteiger partial charge on any atom is 0.0455 e. The van der Waals surface area contributed by atoms with Crippen LogP contribution in [-0.2, 0) is 0 Å². The van der Waals surface area contributed by atoms with E-state index in [9.17, 15) is 0 Å². The summed E-state index contributed by atoms with van der Waals surface area (Å²) >= 11 is 11.9. The molecule has 0 aliphatic heterocycles. The number of halogens is 2. The molecule has 0 atom stereocenters. The van der Waals surface area contributed by atoms with Gasteiger partial charge in [-0.05, 0) is 30.5 Å². The fraction of sp³-hybridized carbons (Fsp3) is 0.300. The van der Waals surface area contributed by atoms with Crippen LogP contribution in [0, 0.1) is 6.42 Å². The highest BCUT2D eigenvalue weighted by molar-refractivity contribution is 6.36. The number of hydrogen-bond donors (Lipinski definition) is 0. The average Bonchev–Trinajstić information content (AvgIpc) is 2.04. The predicted octanol–water partition coefficient (Wildman–Crippen LogP) is 4.35. The molecule has 0 spiro atoms. The molecule has 0 saturated heterocycles. The summed E-state index contributed by atoms with van der Waals surface area (Å²) in [6.45, 7) is 2.13. The number of unbranched alkanes of at least 4 members (excludes halogenated alkanes) is 1. The molecule has 0 amide bonds. The van der Waals surface area contributed by atoms with E-state index in [1.807, 2.05) is 18.2 Å². The average molecular weight is 202 g/mol. The third-order valence-electron chi connectivity index (χ3n) is 1.64. The van der Waals surface area contributed by atoms with Crippen LogP contribution in [-0.4, -0.2) is 0 Å². The second kappa shape index (κ2) is 4.74. The number of hydrogen-bond acceptors (Lipinski definition) is 0. The number of rotatable bonds is 3. The van der Waals surface area contributed by atoms with Crippen LogP contribution in [0.4, 0.5) is 0 Å². The van der Waals surface area contributed by atoms with Crippen molar-refractivity contribution in [2.45, 2.75) is 19.8 Å². The van der Waals surface area contributed by atoms with Crippen LogP contribution in [0.1, 0.15) is 25.3 Å². The summed E-state index contributed by atoms with van der Waals surface area (Å²) in [7, 11) is 0. The van der Waals surface area contributed by atoms with E-state index in [-0.39, 0.29) is 0 Å². The molecule has 0 N–H and O–H groups in total. The lowest BCUT2D eigenvalue weighted by molar-refractivity contribution is 0.914. The van der Waals surface area contributed by atoms with Gasteiger partial charge in [-0.2, -0.15) is 0 Å². The van der Waals surface area contributed by atoms with E-state index in [4.69, 9.17) is 23.2 Å². The zero-order valence-electron chi connectivity index (χ0n) is 6.98. The van der Waals surface area contributed by atoms with Gasteiger partial charge in [0.2, 0.25) is 0 Å². The van der Waals surface area contributed by atoms with Crippen molar-refractivity contribution in [3.8, 4) is 0 Å². The molecule has 1 rings (SSSR count). The minimum absolute atomic E-state index is 0.732. The molecule has 0 aromatic heterocycles. The number of benzene rings is 1. The largest absolute Gasteiger partial charge is 0.0840 e. The van der Waals surface area contributed by atoms with Crippen LogP contribution in [0.3, 0.4) is 0 Å². The van der Waals surface area contributed by atoms with Gasteiger partial charge in [0.05, 0.1) is 0 Å². The molecule has 0 heterocycles. The van der Waals surface area contributed by atoms with Gasteiger partial charge in [0, 0.05) is 10.0 Å². The minimum atomic E-state index is 0.732. The normalized spacial score (nSPS) is 10.2. The van der Waals surface area contributed by atoms with Gasteiger partial charge in [0.1, 0.15) is 0 Å². The second-order valence-corrected chi connectivity index (χ2v) is 3.44. The Balaban J connectivity index is 2.81. The first-order valence-electron chi connectivity index (χ1n) is 4.03. The Kier molecular flexibility index (Phi) is 3.90. The molecule has 0 aliphatic carbocycles. The molecule has 0 nitrogen and oxygen atoms in total. The van der Waals surface area contributed by atoms with Crippen LogP contribution >= 0.6 is 23.2 Å². The zero-order valence-corrected chi connectivity index (χ0v) is 8.49. The summed E-state index contributed by atoms with van der Waals surface area (Å²) in [6.07, 6.45) is 4.20. The van der Waals surface area contributed by atoms with E-state index in [1.54, 1.807) is 0 Å². The lowest BCUT2D eigenvalue weighted by Gasteiger charge is -2.04. The summed E-state index contributed by atoms with van der Waals surface area (Å²) in [5, 5.41) is 1.46. The van der Waals surface area contributed by atoms with Crippen molar-refractivity contribution in [3.05, 3.63) is 40.2 Å². The third-order valence-corrected chi connectivity index (χ3v) is 2.30. The van der Waals surface area contributed by atoms with Gasteiger partial charge in [-0.3, -0.25) is 0 Å². The molecule has 2 heteroatoms. The van der Waals surface area contributed by atoms with Crippen LogP contribution in [0.25, 0.3) is 0 Å². The predicted molar refractivity (Wildman–Crippen MR) is 54.8 cm³/mol. The summed E-state index contributed by atoms with van der Waals surface area (Å²) in [6, 6.07) is 5.57. The molecule has 1 radical (unpaired) electrons. The smallest absolute Gasteiger partial charge is 0.0455 e. The lowest BCUT2D eigenvalue weighted by atomic mass is 10.1. The highest BCUT2D eigenvalue weighted by atomic mass is 35.5. The summed E-state index contributed by atoms with van der Waals surface area (Å²) in [4.78, 5) is 0. The van der Waals surface area contributed by atoms with E-state index in [0.717, 1.165) is 28.5 Å².